The Morgan fingerprint density at radius 1 is 0.683 bits per heavy atom. The lowest BCUT2D eigenvalue weighted by Gasteiger charge is -2.35. The van der Waals surface area contributed by atoms with Crippen molar-refractivity contribution in [1.29, 1.82) is 0 Å². The second-order valence-electron chi connectivity index (χ2n) is 9.81. The van der Waals surface area contributed by atoms with Crippen LogP contribution in [-0.4, -0.2) is 30.7 Å². The van der Waals surface area contributed by atoms with Crippen molar-refractivity contribution in [2.45, 2.75) is 5.41 Å². The van der Waals surface area contributed by atoms with Crippen molar-refractivity contribution in [3.8, 4) is 46.0 Å². The number of ether oxygens (including phenoxy) is 2. The van der Waals surface area contributed by atoms with Crippen LogP contribution in [0.5, 0.6) is 23.0 Å². The van der Waals surface area contributed by atoms with Crippen LogP contribution in [-0.2, 0) is 5.41 Å². The molecule has 0 unspecified atom stereocenters. The molecule has 5 nitrogen and oxygen atoms in total. The molecule has 0 radical (unpaired) electrons. The number of benzene rings is 5. The Morgan fingerprint density at radius 2 is 1.39 bits per heavy atom. The van der Waals surface area contributed by atoms with E-state index in [9.17, 15) is 15.0 Å². The zero-order valence-electron chi connectivity index (χ0n) is 22.5. The molecule has 0 fully saturated rings. The molecule has 0 saturated carbocycles. The van der Waals surface area contributed by atoms with Crippen molar-refractivity contribution in [3.05, 3.63) is 142 Å². The first kappa shape index (κ1) is 25.8. The Kier molecular flexibility index (Phi) is 6.45. The summed E-state index contributed by atoms with van der Waals surface area (Å²) in [5, 5.41) is 20.5. The molecule has 0 aromatic heterocycles. The van der Waals surface area contributed by atoms with E-state index < -0.39 is 5.41 Å². The SMILES string of the molecule is COc1ccc([C@@]2(c3cccc(OC)c3)c3cc(O)ccc3-c3ccc(C=O)c(C#Cc4ccc(O)cc4)c32)cc1. The monoisotopic (exact) mass is 538 g/mol. The average molecular weight is 539 g/mol. The smallest absolute Gasteiger partial charge is 0.151 e. The van der Waals surface area contributed by atoms with E-state index in [1.54, 1.807) is 56.7 Å². The average Bonchev–Trinajstić information content (AvgIpc) is 3.31. The van der Waals surface area contributed by atoms with Crippen molar-refractivity contribution in [1.82, 2.24) is 0 Å². The molecule has 200 valence electrons. The number of carbonyl (C=O) groups is 1. The molecule has 0 saturated heterocycles. The molecule has 1 aliphatic rings. The van der Waals surface area contributed by atoms with Crippen LogP contribution in [0.4, 0.5) is 0 Å². The van der Waals surface area contributed by atoms with Gasteiger partial charge in [0.1, 0.15) is 23.0 Å². The highest BCUT2D eigenvalue weighted by Gasteiger charge is 2.48. The van der Waals surface area contributed by atoms with E-state index in [0.717, 1.165) is 39.7 Å². The van der Waals surface area contributed by atoms with Crippen molar-refractivity contribution in [2.24, 2.45) is 0 Å². The van der Waals surface area contributed by atoms with Crippen molar-refractivity contribution in [2.75, 3.05) is 14.2 Å². The van der Waals surface area contributed by atoms with Crippen LogP contribution >= 0.6 is 0 Å². The Balaban J connectivity index is 1.77. The largest absolute Gasteiger partial charge is 0.508 e. The minimum Gasteiger partial charge on any atom is -0.508 e. The summed E-state index contributed by atoms with van der Waals surface area (Å²) in [5.41, 5.74) is 6.13. The fourth-order valence-electron chi connectivity index (χ4n) is 5.82. The number of hydrogen-bond donors (Lipinski definition) is 2. The Morgan fingerprint density at radius 3 is 2.10 bits per heavy atom. The predicted molar refractivity (Wildman–Crippen MR) is 158 cm³/mol. The van der Waals surface area contributed by atoms with Crippen LogP contribution in [0.25, 0.3) is 11.1 Å². The Labute approximate surface area is 238 Å². The summed E-state index contributed by atoms with van der Waals surface area (Å²) < 4.78 is 11.1. The lowest BCUT2D eigenvalue weighted by Crippen LogP contribution is -2.30. The molecule has 0 aliphatic heterocycles. The quantitative estimate of drug-likeness (QED) is 0.189. The molecular formula is C36H26O5. The number of hydrogen-bond acceptors (Lipinski definition) is 5. The third-order valence-corrected chi connectivity index (χ3v) is 7.66. The van der Waals surface area contributed by atoms with Gasteiger partial charge in [0.15, 0.2) is 6.29 Å². The van der Waals surface area contributed by atoms with Gasteiger partial charge in [-0.15, -0.1) is 0 Å². The molecule has 41 heavy (non-hydrogen) atoms. The third-order valence-electron chi connectivity index (χ3n) is 7.66. The summed E-state index contributed by atoms with van der Waals surface area (Å²) in [6.07, 6.45) is 0.825. The lowest BCUT2D eigenvalue weighted by atomic mass is 9.66. The van der Waals surface area contributed by atoms with Gasteiger partial charge in [-0.2, -0.15) is 0 Å². The predicted octanol–water partition coefficient (Wildman–Crippen LogP) is 6.69. The molecule has 5 aromatic rings. The number of aldehydes is 1. The molecule has 1 atom stereocenters. The summed E-state index contributed by atoms with van der Waals surface area (Å²) in [5.74, 6) is 8.17. The summed E-state index contributed by atoms with van der Waals surface area (Å²) in [7, 11) is 3.25. The lowest BCUT2D eigenvalue weighted by molar-refractivity contribution is 0.112. The van der Waals surface area contributed by atoms with Gasteiger partial charge in [-0.25, -0.2) is 0 Å². The maximum absolute atomic E-state index is 12.5. The van der Waals surface area contributed by atoms with E-state index in [4.69, 9.17) is 9.47 Å². The number of rotatable bonds is 5. The summed E-state index contributed by atoms with van der Waals surface area (Å²) in [4.78, 5) is 12.5. The summed E-state index contributed by atoms with van der Waals surface area (Å²) >= 11 is 0. The standard InChI is InChI=1S/C36H26O5/c1-40-29-15-10-25(11-16-29)36(26-4-3-5-30(20-26)41-2)34-21-28(39)14-19-32(34)33-18-9-24(22-37)31(35(33)36)17-8-23-6-12-27(38)13-7-23/h3-7,9-16,18-22,38-39H,1-2H3/t36-/m1/s1. The van der Waals surface area contributed by atoms with Gasteiger partial charge in [0.05, 0.1) is 19.6 Å². The highest BCUT2D eigenvalue weighted by Crippen LogP contribution is 2.58. The second kappa shape index (κ2) is 10.3. The van der Waals surface area contributed by atoms with E-state index in [1.807, 2.05) is 60.7 Å². The first-order valence-corrected chi connectivity index (χ1v) is 13.1. The topological polar surface area (TPSA) is 76.0 Å². The fourth-order valence-corrected chi connectivity index (χ4v) is 5.82. The van der Waals surface area contributed by atoms with E-state index in [1.165, 1.54) is 0 Å². The molecule has 0 amide bonds. The molecule has 6 rings (SSSR count). The van der Waals surface area contributed by atoms with Gasteiger partial charge in [0.2, 0.25) is 0 Å². The van der Waals surface area contributed by atoms with Crippen LogP contribution < -0.4 is 9.47 Å². The van der Waals surface area contributed by atoms with Crippen molar-refractivity contribution < 1.29 is 24.5 Å². The highest BCUT2D eigenvalue weighted by molar-refractivity contribution is 5.93. The highest BCUT2D eigenvalue weighted by atomic mass is 16.5. The van der Waals surface area contributed by atoms with Gasteiger partial charge in [0, 0.05) is 16.7 Å². The molecular weight excluding hydrogens is 512 g/mol. The molecule has 2 N–H and O–H groups in total. The number of aromatic hydroxyl groups is 2. The number of carbonyl (C=O) groups excluding carboxylic acids is 1. The van der Waals surface area contributed by atoms with Crippen LogP contribution in [0.15, 0.2) is 103 Å². The number of fused-ring (bicyclic) bond motifs is 3. The normalized spacial score (nSPS) is 14.8. The first-order chi connectivity index (χ1) is 20.0. The van der Waals surface area contributed by atoms with Gasteiger partial charge in [-0.1, -0.05) is 48.2 Å². The van der Waals surface area contributed by atoms with Crippen molar-refractivity contribution >= 4 is 6.29 Å². The maximum Gasteiger partial charge on any atom is 0.151 e. The van der Waals surface area contributed by atoms with Crippen LogP contribution in [0.2, 0.25) is 0 Å². The fraction of sp³-hybridized carbons (Fsp3) is 0.0833. The zero-order chi connectivity index (χ0) is 28.6. The number of phenolic OH excluding ortho intramolecular Hbond substituents is 2. The van der Waals surface area contributed by atoms with E-state index >= 15 is 0 Å². The number of methoxy groups -OCH3 is 2. The van der Waals surface area contributed by atoms with E-state index in [0.29, 0.717) is 28.2 Å². The first-order valence-electron chi connectivity index (χ1n) is 13.1. The van der Waals surface area contributed by atoms with E-state index in [2.05, 4.69) is 11.8 Å². The molecule has 0 heterocycles. The summed E-state index contributed by atoms with van der Waals surface area (Å²) in [6.45, 7) is 0. The molecule has 1 aliphatic carbocycles. The zero-order valence-corrected chi connectivity index (χ0v) is 22.5. The molecule has 5 heteroatoms. The van der Waals surface area contributed by atoms with Gasteiger partial charge in [0.25, 0.3) is 0 Å². The maximum atomic E-state index is 12.5. The molecule has 0 spiro atoms. The summed E-state index contributed by atoms with van der Waals surface area (Å²) in [6, 6.07) is 31.4. The van der Waals surface area contributed by atoms with Gasteiger partial charge in [-0.3, -0.25) is 4.79 Å². The minimum absolute atomic E-state index is 0.129. The minimum atomic E-state index is -0.956. The van der Waals surface area contributed by atoms with Gasteiger partial charge in [-0.05, 0) is 100 Å². The van der Waals surface area contributed by atoms with Crippen LogP contribution in [0.3, 0.4) is 0 Å². The van der Waals surface area contributed by atoms with E-state index in [-0.39, 0.29) is 11.5 Å². The van der Waals surface area contributed by atoms with Crippen LogP contribution in [0, 0.1) is 11.8 Å². The van der Waals surface area contributed by atoms with Gasteiger partial charge >= 0.3 is 0 Å². The molecule has 0 bridgehead atoms. The second-order valence-corrected chi connectivity index (χ2v) is 9.81. The van der Waals surface area contributed by atoms with Crippen LogP contribution in [0.1, 0.15) is 43.7 Å². The van der Waals surface area contributed by atoms with Crippen molar-refractivity contribution in [3.63, 3.8) is 0 Å². The Hall–Kier alpha value is -5.47. The molecule has 5 aromatic carbocycles. The number of phenols is 2. The Bertz CT molecular complexity index is 1840. The van der Waals surface area contributed by atoms with Gasteiger partial charge < -0.3 is 19.7 Å². The third kappa shape index (κ3) is 4.18.